The Morgan fingerprint density at radius 3 is 2.46 bits per heavy atom. The molecular formula is C20H22Cl2N2OS. The average molecular weight is 409 g/mol. The van der Waals surface area contributed by atoms with Crippen molar-refractivity contribution in [2.75, 3.05) is 30.3 Å². The summed E-state index contributed by atoms with van der Waals surface area (Å²) in [4.78, 5) is 17.2. The summed E-state index contributed by atoms with van der Waals surface area (Å²) in [7, 11) is 0. The van der Waals surface area contributed by atoms with E-state index < -0.39 is 0 Å². The summed E-state index contributed by atoms with van der Waals surface area (Å²) in [6.07, 6.45) is 0. The van der Waals surface area contributed by atoms with E-state index in [0.717, 1.165) is 24.4 Å². The molecule has 1 aliphatic rings. The molecule has 2 aromatic rings. The van der Waals surface area contributed by atoms with Crippen molar-refractivity contribution >= 4 is 46.6 Å². The van der Waals surface area contributed by atoms with Crippen molar-refractivity contribution in [3.05, 3.63) is 63.6 Å². The fourth-order valence-corrected chi connectivity index (χ4v) is 4.96. The Morgan fingerprint density at radius 1 is 1.15 bits per heavy atom. The first-order valence-corrected chi connectivity index (χ1v) is 10.6. The van der Waals surface area contributed by atoms with Crippen molar-refractivity contribution in [2.45, 2.75) is 19.2 Å². The number of benzene rings is 2. The minimum Gasteiger partial charge on any atom is -0.372 e. The van der Waals surface area contributed by atoms with E-state index in [0.29, 0.717) is 22.2 Å². The Hall–Kier alpha value is -1.36. The maximum Gasteiger partial charge on any atom is 0.256 e. The Bertz CT molecular complexity index is 778. The molecule has 1 saturated heterocycles. The van der Waals surface area contributed by atoms with Crippen LogP contribution >= 0.6 is 35.0 Å². The third-order valence-electron chi connectivity index (χ3n) is 4.62. The molecule has 3 nitrogen and oxygen atoms in total. The van der Waals surface area contributed by atoms with E-state index >= 15 is 0 Å². The summed E-state index contributed by atoms with van der Waals surface area (Å²) in [6, 6.07) is 13.6. The first kappa shape index (κ1) is 19.4. The molecule has 2 aromatic carbocycles. The number of carbonyl (C=O) groups excluding carboxylic acids is 1. The molecule has 1 fully saturated rings. The summed E-state index contributed by atoms with van der Waals surface area (Å²) in [5.74, 6) is 0.869. The standard InChI is InChI=1S/C20H22Cl2N2OS/c1-3-23(4-2)16-8-5-14(6-9-16)20-24(11-12-26-20)19(25)17-10-7-15(21)13-18(17)22/h5-10,13,20H,3-4,11-12H2,1-2H3. The number of halogens is 2. The molecule has 0 bridgehead atoms. The average Bonchev–Trinajstić information content (AvgIpc) is 3.12. The summed E-state index contributed by atoms with van der Waals surface area (Å²) in [6.45, 7) is 6.98. The van der Waals surface area contributed by atoms with Gasteiger partial charge in [-0.3, -0.25) is 4.79 Å². The lowest BCUT2D eigenvalue weighted by Gasteiger charge is -2.26. The Morgan fingerprint density at radius 2 is 1.85 bits per heavy atom. The van der Waals surface area contributed by atoms with Crippen LogP contribution < -0.4 is 4.90 Å². The molecular weight excluding hydrogens is 387 g/mol. The molecule has 0 N–H and O–H groups in total. The second-order valence-corrected chi connectivity index (χ2v) is 8.14. The summed E-state index contributed by atoms with van der Waals surface area (Å²) in [5.41, 5.74) is 2.85. The Kier molecular flexibility index (Phi) is 6.38. The number of carbonyl (C=O) groups is 1. The van der Waals surface area contributed by atoms with Gasteiger partial charge in [-0.05, 0) is 49.7 Å². The maximum atomic E-state index is 13.0. The number of thioether (sulfide) groups is 1. The van der Waals surface area contributed by atoms with Crippen LogP contribution in [0.3, 0.4) is 0 Å². The monoisotopic (exact) mass is 408 g/mol. The number of amides is 1. The second kappa shape index (κ2) is 8.55. The van der Waals surface area contributed by atoms with Crippen molar-refractivity contribution in [1.29, 1.82) is 0 Å². The number of anilines is 1. The largest absolute Gasteiger partial charge is 0.372 e. The van der Waals surface area contributed by atoms with Crippen LogP contribution in [0.15, 0.2) is 42.5 Å². The van der Waals surface area contributed by atoms with Gasteiger partial charge in [0.05, 0.1) is 10.6 Å². The van der Waals surface area contributed by atoms with Crippen LogP contribution in [0.5, 0.6) is 0 Å². The molecule has 0 saturated carbocycles. The van der Waals surface area contributed by atoms with Crippen molar-refractivity contribution in [2.24, 2.45) is 0 Å². The molecule has 0 radical (unpaired) electrons. The Balaban J connectivity index is 1.82. The fraction of sp³-hybridized carbons (Fsp3) is 0.350. The highest BCUT2D eigenvalue weighted by atomic mass is 35.5. The van der Waals surface area contributed by atoms with Crippen molar-refractivity contribution in [1.82, 2.24) is 4.90 Å². The van der Waals surface area contributed by atoms with Crippen LogP contribution in [-0.4, -0.2) is 36.2 Å². The highest BCUT2D eigenvalue weighted by Gasteiger charge is 2.32. The zero-order valence-electron chi connectivity index (χ0n) is 14.9. The third-order valence-corrected chi connectivity index (χ3v) is 6.43. The van der Waals surface area contributed by atoms with E-state index in [4.69, 9.17) is 23.2 Å². The normalized spacial score (nSPS) is 16.8. The molecule has 138 valence electrons. The number of nitrogens with zero attached hydrogens (tertiary/aromatic N) is 2. The van der Waals surface area contributed by atoms with E-state index in [1.165, 1.54) is 5.69 Å². The van der Waals surface area contributed by atoms with Crippen LogP contribution in [0.25, 0.3) is 0 Å². The molecule has 0 spiro atoms. The number of hydrogen-bond donors (Lipinski definition) is 0. The van der Waals surface area contributed by atoms with Crippen LogP contribution in [-0.2, 0) is 0 Å². The van der Waals surface area contributed by atoms with Crippen LogP contribution in [0.1, 0.15) is 35.1 Å². The molecule has 0 aliphatic carbocycles. The van der Waals surface area contributed by atoms with Gasteiger partial charge in [-0.1, -0.05) is 35.3 Å². The van der Waals surface area contributed by atoms with Gasteiger partial charge in [0.25, 0.3) is 5.91 Å². The smallest absolute Gasteiger partial charge is 0.256 e. The minimum absolute atomic E-state index is 0.0139. The molecule has 26 heavy (non-hydrogen) atoms. The van der Waals surface area contributed by atoms with Crippen molar-refractivity contribution in [3.63, 3.8) is 0 Å². The van der Waals surface area contributed by atoms with Crippen LogP contribution in [0.4, 0.5) is 5.69 Å². The quantitative estimate of drug-likeness (QED) is 0.630. The van der Waals surface area contributed by atoms with Gasteiger partial charge in [0.1, 0.15) is 5.37 Å². The predicted molar refractivity (Wildman–Crippen MR) is 113 cm³/mol. The molecule has 3 rings (SSSR count). The SMILES string of the molecule is CCN(CC)c1ccc(C2SCCN2C(=O)c2ccc(Cl)cc2Cl)cc1. The van der Waals surface area contributed by atoms with E-state index in [-0.39, 0.29) is 11.3 Å². The van der Waals surface area contributed by atoms with Gasteiger partial charge in [-0.25, -0.2) is 0 Å². The lowest BCUT2D eigenvalue weighted by molar-refractivity contribution is 0.0760. The predicted octanol–water partition coefficient (Wildman–Crippen LogP) is 5.73. The topological polar surface area (TPSA) is 23.6 Å². The zero-order chi connectivity index (χ0) is 18.7. The van der Waals surface area contributed by atoms with E-state index in [1.54, 1.807) is 30.0 Å². The molecule has 1 heterocycles. The van der Waals surface area contributed by atoms with Crippen molar-refractivity contribution < 1.29 is 4.79 Å². The first-order valence-electron chi connectivity index (χ1n) is 8.77. The van der Waals surface area contributed by atoms with Crippen molar-refractivity contribution in [3.8, 4) is 0 Å². The van der Waals surface area contributed by atoms with Crippen LogP contribution in [0, 0.1) is 0 Å². The van der Waals surface area contributed by atoms with Gasteiger partial charge in [0.2, 0.25) is 0 Å². The number of rotatable bonds is 5. The Labute approximate surface area is 169 Å². The van der Waals surface area contributed by atoms with Gasteiger partial charge in [0, 0.05) is 36.1 Å². The maximum absolute atomic E-state index is 13.0. The summed E-state index contributed by atoms with van der Waals surface area (Å²) in [5, 5.41) is 0.945. The number of hydrogen-bond acceptors (Lipinski definition) is 3. The summed E-state index contributed by atoms with van der Waals surface area (Å²) < 4.78 is 0. The van der Waals surface area contributed by atoms with E-state index in [2.05, 4.69) is 43.0 Å². The molecule has 0 aromatic heterocycles. The lowest BCUT2D eigenvalue weighted by atomic mass is 10.1. The summed E-state index contributed by atoms with van der Waals surface area (Å²) >= 11 is 14.0. The highest BCUT2D eigenvalue weighted by molar-refractivity contribution is 7.99. The molecule has 1 unspecified atom stereocenters. The highest BCUT2D eigenvalue weighted by Crippen LogP contribution is 2.40. The molecule has 6 heteroatoms. The fourth-order valence-electron chi connectivity index (χ4n) is 3.21. The van der Waals surface area contributed by atoms with Gasteiger partial charge in [0.15, 0.2) is 0 Å². The van der Waals surface area contributed by atoms with E-state index in [1.807, 2.05) is 4.90 Å². The molecule has 1 amide bonds. The van der Waals surface area contributed by atoms with Gasteiger partial charge in [-0.2, -0.15) is 0 Å². The van der Waals surface area contributed by atoms with Gasteiger partial charge >= 0.3 is 0 Å². The second-order valence-electron chi connectivity index (χ2n) is 6.11. The van der Waals surface area contributed by atoms with Gasteiger partial charge in [-0.15, -0.1) is 11.8 Å². The lowest BCUT2D eigenvalue weighted by Crippen LogP contribution is -2.30. The third kappa shape index (κ3) is 3.98. The minimum atomic E-state index is -0.0468. The zero-order valence-corrected chi connectivity index (χ0v) is 17.2. The first-order chi connectivity index (χ1) is 12.5. The molecule has 1 atom stereocenters. The molecule has 1 aliphatic heterocycles. The van der Waals surface area contributed by atoms with Crippen LogP contribution in [0.2, 0.25) is 10.0 Å². The van der Waals surface area contributed by atoms with Gasteiger partial charge < -0.3 is 9.80 Å². The van der Waals surface area contributed by atoms with E-state index in [9.17, 15) is 4.79 Å².